The summed E-state index contributed by atoms with van der Waals surface area (Å²) in [5.74, 6) is 0.600. The standard InChI is InChI=1S/C19H21FN4O2S.C18H19FN4O2S/c1-19(2,3)16-14(20)5-12(7-22-16)15-13(6-21)17(25)24-8-11(10-27-4)9-26-18(24)23-15;1-18(2,3)15-13(19)4-11(6-21-15)14-12(5-20)16(25)23-7-10(8-24)9-26-17(23)22-14/h5,7,11H,8-10H2,1-4H3;4,6,10,24H,7-9H2,1-3H3. The van der Waals surface area contributed by atoms with Crippen molar-refractivity contribution in [3.8, 4) is 40.7 Å². The Bertz CT molecular complexity index is 2250. The zero-order valence-corrected chi connectivity index (χ0v) is 32.2. The summed E-state index contributed by atoms with van der Waals surface area (Å²) in [4.78, 5) is 42.7. The number of hydrogen-bond donors (Lipinski definition) is 1. The molecule has 0 bridgehead atoms. The van der Waals surface area contributed by atoms with E-state index in [0.717, 1.165) is 5.75 Å². The first-order valence-corrected chi connectivity index (χ1v) is 19.2. The van der Waals surface area contributed by atoms with Crippen LogP contribution in [-0.2, 0) is 23.9 Å². The molecule has 0 spiro atoms. The molecule has 53 heavy (non-hydrogen) atoms. The summed E-state index contributed by atoms with van der Waals surface area (Å²) in [6.45, 7) is 12.3. The van der Waals surface area contributed by atoms with E-state index >= 15 is 0 Å². The number of fused-ring (bicyclic) bond motifs is 2. The van der Waals surface area contributed by atoms with Gasteiger partial charge in [0.15, 0.2) is 5.16 Å². The maximum atomic E-state index is 14.6. The molecule has 16 heteroatoms. The molecule has 0 aliphatic carbocycles. The molecule has 0 radical (unpaired) electrons. The molecule has 6 heterocycles. The average molecular weight is 763 g/mol. The number of hydrogen-bond acceptors (Lipinski definition) is 12. The van der Waals surface area contributed by atoms with Crippen molar-refractivity contribution in [2.24, 2.45) is 11.8 Å². The van der Waals surface area contributed by atoms with Crippen LogP contribution in [0.15, 0.2) is 39.3 Å². The Morgan fingerprint density at radius 1 is 0.887 bits per heavy atom. The third kappa shape index (κ3) is 8.30. The monoisotopic (exact) mass is 762 g/mol. The molecular weight excluding hydrogens is 723 g/mol. The van der Waals surface area contributed by atoms with E-state index in [4.69, 9.17) is 4.74 Å². The number of halogens is 2. The third-order valence-corrected chi connectivity index (χ3v) is 10.6. The molecule has 1 N–H and O–H groups in total. The summed E-state index contributed by atoms with van der Waals surface area (Å²) in [7, 11) is 0. The SMILES string of the molecule is CC(C)(C)c1ncc(-c2nc3n(c(=O)c2C#N)CC(CO)CS3)cc1F.CSCC1COc2nc(-c3cnc(C(C)(C)C)c(F)c3)c(C#N)c(=O)n2C1. The lowest BCUT2D eigenvalue weighted by Gasteiger charge is -2.26. The normalized spacial score (nSPS) is 16.6. The molecule has 0 fully saturated rings. The molecule has 4 aromatic heterocycles. The molecule has 2 aliphatic heterocycles. The number of pyridine rings is 2. The van der Waals surface area contributed by atoms with E-state index < -0.39 is 33.6 Å². The maximum Gasteiger partial charge on any atom is 0.299 e. The summed E-state index contributed by atoms with van der Waals surface area (Å²) in [6, 6.07) is 6.51. The number of aromatic nitrogens is 6. The van der Waals surface area contributed by atoms with Crippen LogP contribution >= 0.6 is 23.5 Å². The minimum absolute atomic E-state index is 0.0358. The lowest BCUT2D eigenvalue weighted by atomic mass is 9.90. The Labute approximate surface area is 314 Å². The Morgan fingerprint density at radius 3 is 1.87 bits per heavy atom. The van der Waals surface area contributed by atoms with E-state index in [9.17, 15) is 34.0 Å². The number of aliphatic hydroxyl groups is 1. The second-order valence-corrected chi connectivity index (χ2v) is 16.8. The summed E-state index contributed by atoms with van der Waals surface area (Å²) in [6.07, 6.45) is 4.89. The highest BCUT2D eigenvalue weighted by atomic mass is 32.2. The molecule has 0 amide bonds. The van der Waals surface area contributed by atoms with Crippen LogP contribution in [-0.4, -0.2) is 65.2 Å². The number of nitrogens with zero attached hydrogens (tertiary/aromatic N) is 8. The lowest BCUT2D eigenvalue weighted by Crippen LogP contribution is -2.36. The summed E-state index contributed by atoms with van der Waals surface area (Å²) < 4.78 is 37.5. The first kappa shape index (κ1) is 39.6. The van der Waals surface area contributed by atoms with Crippen molar-refractivity contribution >= 4 is 23.5 Å². The highest BCUT2D eigenvalue weighted by molar-refractivity contribution is 7.99. The average Bonchev–Trinajstić information content (AvgIpc) is 3.10. The topological polar surface area (TPSA) is 173 Å². The smallest absolute Gasteiger partial charge is 0.299 e. The molecule has 4 aromatic rings. The summed E-state index contributed by atoms with van der Waals surface area (Å²) in [5, 5.41) is 28.8. The highest BCUT2D eigenvalue weighted by Gasteiger charge is 2.29. The van der Waals surface area contributed by atoms with Gasteiger partial charge in [0.25, 0.3) is 17.1 Å². The van der Waals surface area contributed by atoms with E-state index in [2.05, 4.69) is 19.9 Å². The number of aliphatic hydroxyl groups excluding tert-OH is 1. The van der Waals surface area contributed by atoms with Crippen LogP contribution in [0.4, 0.5) is 8.78 Å². The molecule has 2 unspecified atom stereocenters. The van der Waals surface area contributed by atoms with Crippen LogP contribution < -0.4 is 15.9 Å². The van der Waals surface area contributed by atoms with Gasteiger partial charge in [-0.3, -0.25) is 28.7 Å². The van der Waals surface area contributed by atoms with Crippen molar-refractivity contribution < 1.29 is 18.6 Å². The van der Waals surface area contributed by atoms with Crippen LogP contribution in [0.3, 0.4) is 0 Å². The second-order valence-electron chi connectivity index (χ2n) is 14.9. The Hall–Kier alpha value is -4.64. The van der Waals surface area contributed by atoms with Crippen LogP contribution in [0.25, 0.3) is 22.5 Å². The molecule has 0 saturated heterocycles. The predicted octanol–water partition coefficient (Wildman–Crippen LogP) is 5.31. The van der Waals surface area contributed by atoms with Gasteiger partial charge in [-0.05, 0) is 18.4 Å². The minimum atomic E-state index is -0.496. The molecule has 12 nitrogen and oxygen atoms in total. The molecule has 278 valence electrons. The fourth-order valence-corrected chi connectivity index (χ4v) is 7.66. The van der Waals surface area contributed by atoms with Gasteiger partial charge in [0, 0.05) is 77.4 Å². The zero-order chi connectivity index (χ0) is 38.8. The van der Waals surface area contributed by atoms with Gasteiger partial charge < -0.3 is 9.84 Å². The molecule has 2 aliphatic rings. The van der Waals surface area contributed by atoms with Crippen molar-refractivity contribution in [2.45, 2.75) is 70.6 Å². The van der Waals surface area contributed by atoms with Gasteiger partial charge in [-0.1, -0.05) is 53.3 Å². The van der Waals surface area contributed by atoms with Crippen LogP contribution in [0, 0.1) is 46.1 Å². The van der Waals surface area contributed by atoms with E-state index in [1.54, 1.807) is 11.8 Å². The van der Waals surface area contributed by atoms with Crippen LogP contribution in [0.2, 0.25) is 0 Å². The van der Waals surface area contributed by atoms with Gasteiger partial charge in [0.05, 0.1) is 23.7 Å². The first-order valence-electron chi connectivity index (χ1n) is 16.8. The number of rotatable bonds is 5. The predicted molar refractivity (Wildman–Crippen MR) is 199 cm³/mol. The van der Waals surface area contributed by atoms with Gasteiger partial charge in [-0.2, -0.15) is 27.3 Å². The number of thioether (sulfide) groups is 2. The van der Waals surface area contributed by atoms with E-state index in [-0.39, 0.29) is 52.5 Å². The quantitative estimate of drug-likeness (QED) is 0.260. The van der Waals surface area contributed by atoms with Crippen molar-refractivity contribution in [2.75, 3.05) is 31.0 Å². The highest BCUT2D eigenvalue weighted by Crippen LogP contribution is 2.32. The lowest BCUT2D eigenvalue weighted by molar-refractivity contribution is 0.172. The Balaban J connectivity index is 0.000000204. The van der Waals surface area contributed by atoms with E-state index in [1.807, 2.05) is 59.9 Å². The number of nitriles is 2. The molecule has 2 atom stereocenters. The summed E-state index contributed by atoms with van der Waals surface area (Å²) >= 11 is 3.02. The first-order chi connectivity index (χ1) is 25.0. The third-order valence-electron chi connectivity index (χ3n) is 8.58. The zero-order valence-electron chi connectivity index (χ0n) is 30.5. The van der Waals surface area contributed by atoms with Gasteiger partial charge in [-0.25, -0.2) is 13.8 Å². The Kier molecular flexibility index (Phi) is 11.8. The van der Waals surface area contributed by atoms with Crippen molar-refractivity contribution in [3.63, 3.8) is 0 Å². The summed E-state index contributed by atoms with van der Waals surface area (Å²) in [5.41, 5.74) is -0.668. The van der Waals surface area contributed by atoms with Gasteiger partial charge in [-0.15, -0.1) is 0 Å². The Morgan fingerprint density at radius 2 is 1.40 bits per heavy atom. The fourth-order valence-electron chi connectivity index (χ4n) is 5.92. The molecule has 6 rings (SSSR count). The molecule has 0 aromatic carbocycles. The van der Waals surface area contributed by atoms with Crippen molar-refractivity contribution in [3.05, 3.63) is 79.4 Å². The van der Waals surface area contributed by atoms with Crippen LogP contribution in [0.5, 0.6) is 6.01 Å². The van der Waals surface area contributed by atoms with E-state index in [0.29, 0.717) is 47.6 Å². The second kappa shape index (κ2) is 15.8. The van der Waals surface area contributed by atoms with Crippen molar-refractivity contribution in [1.82, 2.24) is 29.1 Å². The number of ether oxygens (including phenoxy) is 1. The van der Waals surface area contributed by atoms with Gasteiger partial charge in [0.2, 0.25) is 0 Å². The van der Waals surface area contributed by atoms with Crippen molar-refractivity contribution in [1.29, 1.82) is 10.5 Å². The van der Waals surface area contributed by atoms with Gasteiger partial charge in [0.1, 0.15) is 40.6 Å². The molecular formula is C37H40F2N8O4S2. The fraction of sp³-hybridized carbons (Fsp3) is 0.459. The maximum absolute atomic E-state index is 14.6. The largest absolute Gasteiger partial charge is 0.464 e. The van der Waals surface area contributed by atoms with Crippen LogP contribution in [0.1, 0.15) is 64.1 Å². The van der Waals surface area contributed by atoms with Gasteiger partial charge >= 0.3 is 0 Å². The molecule has 0 saturated carbocycles. The van der Waals surface area contributed by atoms with E-state index in [1.165, 1.54) is 45.4 Å². The minimum Gasteiger partial charge on any atom is -0.464 e.